The zero-order valence-electron chi connectivity index (χ0n) is 18.2. The first-order chi connectivity index (χ1) is 13.6. The van der Waals surface area contributed by atoms with Crippen molar-refractivity contribution in [2.75, 3.05) is 33.2 Å². The zero-order chi connectivity index (χ0) is 21.1. The minimum Gasteiger partial charge on any atom is -0.497 e. The third kappa shape index (κ3) is 2.68. The fourth-order valence-corrected chi connectivity index (χ4v) is 4.69. The van der Waals surface area contributed by atoms with Crippen molar-refractivity contribution in [2.45, 2.75) is 31.8 Å². The molecule has 5 nitrogen and oxygen atoms in total. The molecule has 0 saturated heterocycles. The Labute approximate surface area is 172 Å². The highest BCUT2D eigenvalue weighted by Crippen LogP contribution is 2.48. The van der Waals surface area contributed by atoms with Crippen LogP contribution in [0.3, 0.4) is 0 Å². The molecule has 0 fully saturated rings. The molecule has 0 saturated carbocycles. The quantitative estimate of drug-likeness (QED) is 0.802. The Morgan fingerprint density at radius 2 is 1.55 bits per heavy atom. The summed E-state index contributed by atoms with van der Waals surface area (Å²) in [5.74, 6) is 1.59. The first kappa shape index (κ1) is 19.5. The van der Waals surface area contributed by atoms with E-state index in [1.165, 1.54) is 5.56 Å². The lowest BCUT2D eigenvalue weighted by Gasteiger charge is -2.24. The Kier molecular flexibility index (Phi) is 4.28. The normalized spacial score (nSPS) is 23.4. The number of benzene rings is 2. The summed E-state index contributed by atoms with van der Waals surface area (Å²) in [7, 11) is 7.41. The molecule has 2 aliphatic heterocycles. The Hall–Kier alpha value is -2.79. The summed E-state index contributed by atoms with van der Waals surface area (Å²) in [6.07, 6.45) is 2.12. The molecule has 2 aromatic rings. The highest BCUT2D eigenvalue weighted by molar-refractivity contribution is 6.04. The van der Waals surface area contributed by atoms with Crippen molar-refractivity contribution in [1.82, 2.24) is 0 Å². The fourth-order valence-electron chi connectivity index (χ4n) is 4.69. The van der Waals surface area contributed by atoms with Crippen molar-refractivity contribution in [1.29, 1.82) is 0 Å². The summed E-state index contributed by atoms with van der Waals surface area (Å²) in [6.45, 7) is 6.27. The molecule has 0 amide bonds. The number of aliphatic hydroxyl groups is 1. The van der Waals surface area contributed by atoms with E-state index < -0.39 is 5.60 Å². The SMILES string of the molecule is COc1ccc2c(c1)C(C)(C)C(C=C1N(C)c3ccc(OC)cc3C1(C)O)=[N+]2C. The third-order valence-electron chi connectivity index (χ3n) is 6.46. The first-order valence-corrected chi connectivity index (χ1v) is 9.79. The first-order valence-electron chi connectivity index (χ1n) is 9.79. The molecule has 0 radical (unpaired) electrons. The van der Waals surface area contributed by atoms with Crippen molar-refractivity contribution in [3.63, 3.8) is 0 Å². The Morgan fingerprint density at radius 1 is 0.966 bits per heavy atom. The van der Waals surface area contributed by atoms with E-state index in [1.54, 1.807) is 14.2 Å². The van der Waals surface area contributed by atoms with Gasteiger partial charge in [-0.25, -0.2) is 0 Å². The van der Waals surface area contributed by atoms with Gasteiger partial charge >= 0.3 is 0 Å². The van der Waals surface area contributed by atoms with Gasteiger partial charge in [-0.1, -0.05) is 0 Å². The molecular formula is C24H29N2O3+. The second kappa shape index (κ2) is 6.36. The number of ether oxygens (including phenoxy) is 2. The number of hydrogen-bond donors (Lipinski definition) is 1. The van der Waals surface area contributed by atoms with Gasteiger partial charge in [0.1, 0.15) is 24.1 Å². The van der Waals surface area contributed by atoms with Gasteiger partial charge in [0, 0.05) is 36.0 Å². The Bertz CT molecular complexity index is 1060. The molecule has 0 aromatic heterocycles. The van der Waals surface area contributed by atoms with E-state index in [0.717, 1.165) is 39.8 Å². The molecule has 1 N–H and O–H groups in total. The summed E-state index contributed by atoms with van der Waals surface area (Å²) in [4.78, 5) is 2.06. The van der Waals surface area contributed by atoms with E-state index in [1.807, 2.05) is 38.2 Å². The van der Waals surface area contributed by atoms with Gasteiger partial charge in [-0.05, 0) is 51.1 Å². The summed E-state index contributed by atoms with van der Waals surface area (Å²) < 4.78 is 13.0. The van der Waals surface area contributed by atoms with Gasteiger partial charge in [0.2, 0.25) is 5.69 Å². The second-order valence-corrected chi connectivity index (χ2v) is 8.50. The number of fused-ring (bicyclic) bond motifs is 2. The van der Waals surface area contributed by atoms with Crippen molar-refractivity contribution in [3.05, 3.63) is 59.3 Å². The summed E-state index contributed by atoms with van der Waals surface area (Å²) >= 11 is 0. The van der Waals surface area contributed by atoms with Crippen molar-refractivity contribution in [2.24, 2.45) is 0 Å². The highest BCUT2D eigenvalue weighted by Gasteiger charge is 2.47. The molecule has 152 valence electrons. The van der Waals surface area contributed by atoms with Crippen molar-refractivity contribution >= 4 is 17.1 Å². The van der Waals surface area contributed by atoms with Crippen LogP contribution in [0.5, 0.6) is 11.5 Å². The van der Waals surface area contributed by atoms with Crippen molar-refractivity contribution < 1.29 is 19.2 Å². The van der Waals surface area contributed by atoms with Crippen LogP contribution in [0, 0.1) is 0 Å². The molecule has 2 heterocycles. The van der Waals surface area contributed by atoms with E-state index >= 15 is 0 Å². The number of methoxy groups -OCH3 is 2. The minimum atomic E-state index is -1.12. The average Bonchev–Trinajstić information content (AvgIpc) is 3.01. The number of nitrogens with zero attached hydrogens (tertiary/aromatic N) is 2. The lowest BCUT2D eigenvalue weighted by Crippen LogP contribution is -2.32. The van der Waals surface area contributed by atoms with E-state index in [0.29, 0.717) is 0 Å². The van der Waals surface area contributed by atoms with Gasteiger partial charge in [0.05, 0.1) is 25.3 Å². The van der Waals surface area contributed by atoms with E-state index in [-0.39, 0.29) is 5.41 Å². The van der Waals surface area contributed by atoms with Crippen LogP contribution >= 0.6 is 0 Å². The molecule has 0 bridgehead atoms. The van der Waals surface area contributed by atoms with E-state index in [9.17, 15) is 5.11 Å². The molecule has 1 unspecified atom stereocenters. The van der Waals surface area contributed by atoms with Crippen molar-refractivity contribution in [3.8, 4) is 11.5 Å². The van der Waals surface area contributed by atoms with Crippen LogP contribution in [0.1, 0.15) is 31.9 Å². The average molecular weight is 394 g/mol. The minimum absolute atomic E-state index is 0.227. The number of likely N-dealkylation sites (N-methyl/N-ethyl adjacent to an activating group) is 1. The maximum atomic E-state index is 11.5. The van der Waals surface area contributed by atoms with E-state index in [4.69, 9.17) is 9.47 Å². The topological polar surface area (TPSA) is 44.9 Å². The van der Waals surface area contributed by atoms with Gasteiger partial charge in [-0.2, -0.15) is 4.58 Å². The van der Waals surface area contributed by atoms with Crippen LogP contribution in [-0.4, -0.2) is 43.7 Å². The maximum absolute atomic E-state index is 11.5. The van der Waals surface area contributed by atoms with Crippen LogP contribution in [0.2, 0.25) is 0 Å². The number of allylic oxidation sites excluding steroid dienone is 1. The third-order valence-corrected chi connectivity index (χ3v) is 6.46. The highest BCUT2D eigenvalue weighted by atomic mass is 16.5. The van der Waals surface area contributed by atoms with Gasteiger partial charge in [-0.3, -0.25) is 0 Å². The fraction of sp³-hybridized carbons (Fsp3) is 0.375. The standard InChI is InChI=1S/C24H29N2O3/c1-23(2)17-12-15(28-6)8-10-19(17)25(4)21(23)14-22-24(3,27)18-13-16(29-7)9-11-20(18)26(22)5/h8-14,27H,1-7H3/q+1. The largest absolute Gasteiger partial charge is 0.497 e. The number of anilines is 1. The molecule has 29 heavy (non-hydrogen) atoms. The predicted molar refractivity (Wildman–Crippen MR) is 116 cm³/mol. The number of rotatable bonds is 3. The monoisotopic (exact) mass is 393 g/mol. The summed E-state index contributed by atoms with van der Waals surface area (Å²) in [5.41, 5.74) is 4.83. The Balaban J connectivity index is 1.85. The smallest absolute Gasteiger partial charge is 0.209 e. The van der Waals surface area contributed by atoms with Crippen LogP contribution in [0.25, 0.3) is 0 Å². The maximum Gasteiger partial charge on any atom is 0.209 e. The van der Waals surface area contributed by atoms with Crippen LogP contribution in [0.4, 0.5) is 11.4 Å². The van der Waals surface area contributed by atoms with Gasteiger partial charge < -0.3 is 19.5 Å². The van der Waals surface area contributed by atoms with Gasteiger partial charge in [0.25, 0.3) is 0 Å². The van der Waals surface area contributed by atoms with Crippen LogP contribution < -0.4 is 14.4 Å². The van der Waals surface area contributed by atoms with Gasteiger partial charge in [0.15, 0.2) is 5.71 Å². The number of hydrogen-bond acceptors (Lipinski definition) is 4. The lowest BCUT2D eigenvalue weighted by atomic mass is 9.80. The van der Waals surface area contributed by atoms with Gasteiger partial charge in [-0.15, -0.1) is 0 Å². The van der Waals surface area contributed by atoms with Crippen LogP contribution in [-0.2, 0) is 11.0 Å². The summed E-state index contributed by atoms with van der Waals surface area (Å²) in [5, 5.41) is 11.5. The van der Waals surface area contributed by atoms with E-state index in [2.05, 4.69) is 48.6 Å². The van der Waals surface area contributed by atoms with Crippen LogP contribution in [0.15, 0.2) is 48.2 Å². The Morgan fingerprint density at radius 3 is 2.17 bits per heavy atom. The lowest BCUT2D eigenvalue weighted by molar-refractivity contribution is -0.401. The summed E-state index contributed by atoms with van der Waals surface area (Å²) in [6, 6.07) is 12.0. The molecule has 0 aliphatic carbocycles. The second-order valence-electron chi connectivity index (χ2n) is 8.50. The zero-order valence-corrected chi connectivity index (χ0v) is 18.2. The molecule has 2 aromatic carbocycles. The molecule has 0 spiro atoms. The molecular weight excluding hydrogens is 364 g/mol. The molecule has 4 rings (SSSR count). The molecule has 1 atom stereocenters. The molecule has 5 heteroatoms. The predicted octanol–water partition coefficient (Wildman–Crippen LogP) is 3.95. The molecule has 2 aliphatic rings.